The van der Waals surface area contributed by atoms with Gasteiger partial charge >= 0.3 is 11.9 Å². The van der Waals surface area contributed by atoms with Gasteiger partial charge in [-0.1, -0.05) is 27.7 Å². The summed E-state index contributed by atoms with van der Waals surface area (Å²) in [7, 11) is 1.39. The van der Waals surface area contributed by atoms with Crippen LogP contribution in [0.3, 0.4) is 0 Å². The van der Waals surface area contributed by atoms with Crippen molar-refractivity contribution in [1.82, 2.24) is 0 Å². The molecule has 2 aliphatic carbocycles. The van der Waals surface area contributed by atoms with Gasteiger partial charge < -0.3 is 14.6 Å². The highest BCUT2D eigenvalue weighted by molar-refractivity contribution is 5.95. The predicted molar refractivity (Wildman–Crippen MR) is 109 cm³/mol. The van der Waals surface area contributed by atoms with Gasteiger partial charge in [0.2, 0.25) is 0 Å². The molecule has 1 fully saturated rings. The van der Waals surface area contributed by atoms with Gasteiger partial charge in [0.15, 0.2) is 11.5 Å². The Morgan fingerprint density at radius 3 is 2.48 bits per heavy atom. The molecule has 0 saturated heterocycles. The molecule has 1 saturated carbocycles. The number of methoxy groups -OCH3 is 1. The molecule has 0 amide bonds. The first-order valence-corrected chi connectivity index (χ1v) is 10.5. The van der Waals surface area contributed by atoms with Crippen molar-refractivity contribution >= 4 is 17.7 Å². The van der Waals surface area contributed by atoms with Crippen LogP contribution in [0.15, 0.2) is 11.3 Å². The lowest BCUT2D eigenvalue weighted by molar-refractivity contribution is -0.172. The number of carbonyl (C=O) groups excluding carboxylic acids is 3. The van der Waals surface area contributed by atoms with E-state index in [1.165, 1.54) is 14.0 Å². The van der Waals surface area contributed by atoms with Crippen molar-refractivity contribution in [2.45, 2.75) is 79.8 Å². The van der Waals surface area contributed by atoms with Crippen LogP contribution in [0, 0.1) is 28.6 Å². The molecule has 0 bridgehead atoms. The molecule has 0 spiro atoms. The summed E-state index contributed by atoms with van der Waals surface area (Å²) in [6.45, 7) is 11.6. The third-order valence-electron chi connectivity index (χ3n) is 7.89. The molecule has 0 aliphatic heterocycles. The quantitative estimate of drug-likeness (QED) is 0.656. The van der Waals surface area contributed by atoms with E-state index < -0.39 is 5.41 Å². The van der Waals surface area contributed by atoms with Gasteiger partial charge in [0.25, 0.3) is 0 Å². The maximum atomic E-state index is 12.5. The van der Waals surface area contributed by atoms with Crippen molar-refractivity contribution in [3.05, 3.63) is 11.3 Å². The van der Waals surface area contributed by atoms with E-state index in [-0.39, 0.29) is 52.8 Å². The van der Waals surface area contributed by atoms with E-state index >= 15 is 0 Å². The molecule has 0 aromatic rings. The second kappa shape index (κ2) is 8.49. The smallest absolute Gasteiger partial charge is 0.305 e. The maximum absolute atomic E-state index is 12.5. The van der Waals surface area contributed by atoms with E-state index in [4.69, 9.17) is 9.47 Å². The van der Waals surface area contributed by atoms with E-state index in [1.54, 1.807) is 0 Å². The number of aliphatic hydroxyl groups excluding tert-OH is 1. The summed E-state index contributed by atoms with van der Waals surface area (Å²) in [4.78, 5) is 35.9. The highest BCUT2D eigenvalue weighted by Gasteiger charge is 2.59. The standard InChI is InChI=1S/C23H36O6/c1-13(10-20(26)28-7)8-9-22(5)14(2)18(29-16(4)24)12-23(6)15(3)21(27)17(25)11-19(22)23/h13-14,18-19,27H,8-12H2,1-7H3/t13-,14-,18+,19-,22+,23-/m1/s1. The Morgan fingerprint density at radius 2 is 1.93 bits per heavy atom. The minimum atomic E-state index is -0.426. The first kappa shape index (κ1) is 23.4. The predicted octanol–water partition coefficient (Wildman–Crippen LogP) is 4.37. The molecule has 0 unspecified atom stereocenters. The van der Waals surface area contributed by atoms with Gasteiger partial charge in [-0.25, -0.2) is 0 Å². The van der Waals surface area contributed by atoms with Crippen LogP contribution >= 0.6 is 0 Å². The van der Waals surface area contributed by atoms with E-state index in [0.29, 0.717) is 24.8 Å². The lowest BCUT2D eigenvalue weighted by atomic mass is 9.45. The summed E-state index contributed by atoms with van der Waals surface area (Å²) in [5, 5.41) is 10.4. The number of ketones is 1. The second-order valence-electron chi connectivity index (χ2n) is 9.64. The fraction of sp³-hybridized carbons (Fsp3) is 0.783. The highest BCUT2D eigenvalue weighted by Crippen LogP contribution is 2.62. The Bertz CT molecular complexity index is 710. The molecule has 6 heteroatoms. The molecule has 0 radical (unpaired) electrons. The molecular weight excluding hydrogens is 372 g/mol. The summed E-state index contributed by atoms with van der Waals surface area (Å²) < 4.78 is 10.5. The number of rotatable bonds is 6. The number of aliphatic hydroxyl groups is 1. The number of hydrogen-bond acceptors (Lipinski definition) is 6. The molecule has 0 aromatic heterocycles. The van der Waals surface area contributed by atoms with Crippen molar-refractivity contribution < 1.29 is 29.0 Å². The van der Waals surface area contributed by atoms with E-state index in [9.17, 15) is 19.5 Å². The minimum absolute atomic E-state index is 0.0329. The van der Waals surface area contributed by atoms with Crippen molar-refractivity contribution in [2.75, 3.05) is 7.11 Å². The monoisotopic (exact) mass is 408 g/mol. The third-order valence-corrected chi connectivity index (χ3v) is 7.89. The van der Waals surface area contributed by atoms with Gasteiger partial charge in [0.1, 0.15) is 6.10 Å². The van der Waals surface area contributed by atoms with Crippen LogP contribution in [0.2, 0.25) is 0 Å². The summed E-state index contributed by atoms with van der Waals surface area (Å²) in [6.07, 6.45) is 2.55. The van der Waals surface area contributed by atoms with Crippen molar-refractivity contribution in [2.24, 2.45) is 28.6 Å². The Labute approximate surface area is 174 Å². The molecular formula is C23H36O6. The van der Waals surface area contributed by atoms with E-state index in [0.717, 1.165) is 12.8 Å². The Kier molecular flexibility index (Phi) is 6.86. The van der Waals surface area contributed by atoms with Crippen molar-refractivity contribution in [1.29, 1.82) is 0 Å². The fourth-order valence-corrected chi connectivity index (χ4v) is 5.63. The van der Waals surface area contributed by atoms with Crippen LogP contribution in [-0.4, -0.2) is 36.0 Å². The Morgan fingerprint density at radius 1 is 1.31 bits per heavy atom. The number of carbonyl (C=O) groups is 3. The van der Waals surface area contributed by atoms with E-state index in [2.05, 4.69) is 20.8 Å². The summed E-state index contributed by atoms with van der Waals surface area (Å²) in [6, 6.07) is 0. The molecule has 164 valence electrons. The van der Waals surface area contributed by atoms with Gasteiger partial charge in [-0.15, -0.1) is 0 Å². The largest absolute Gasteiger partial charge is 0.504 e. The fourth-order valence-electron chi connectivity index (χ4n) is 5.63. The van der Waals surface area contributed by atoms with Gasteiger partial charge in [-0.2, -0.15) is 0 Å². The zero-order valence-corrected chi connectivity index (χ0v) is 18.8. The maximum Gasteiger partial charge on any atom is 0.305 e. The first-order valence-electron chi connectivity index (χ1n) is 10.5. The molecule has 29 heavy (non-hydrogen) atoms. The Hall–Kier alpha value is -1.85. The van der Waals surface area contributed by atoms with Gasteiger partial charge in [-0.05, 0) is 60.3 Å². The number of hydrogen-bond donors (Lipinski definition) is 1. The van der Waals surface area contributed by atoms with Crippen LogP contribution in [0.5, 0.6) is 0 Å². The number of ether oxygens (including phenoxy) is 2. The summed E-state index contributed by atoms with van der Waals surface area (Å²) in [5.74, 6) is -0.655. The molecule has 2 aliphatic rings. The highest BCUT2D eigenvalue weighted by atomic mass is 16.5. The van der Waals surface area contributed by atoms with E-state index in [1.807, 2.05) is 13.8 Å². The number of Topliss-reactive ketones (excluding diaryl/α,β-unsaturated/α-hetero) is 1. The summed E-state index contributed by atoms with van der Waals surface area (Å²) in [5.41, 5.74) is -0.0169. The average molecular weight is 409 g/mol. The van der Waals surface area contributed by atoms with Crippen LogP contribution < -0.4 is 0 Å². The van der Waals surface area contributed by atoms with Gasteiger partial charge in [-0.3, -0.25) is 14.4 Å². The number of esters is 2. The lowest BCUT2D eigenvalue weighted by Crippen LogP contribution is -2.57. The average Bonchev–Trinajstić information content (AvgIpc) is 2.65. The zero-order chi connectivity index (χ0) is 22.1. The van der Waals surface area contributed by atoms with Crippen LogP contribution in [0.4, 0.5) is 0 Å². The van der Waals surface area contributed by atoms with Crippen molar-refractivity contribution in [3.8, 4) is 0 Å². The normalized spacial score (nSPS) is 35.7. The topological polar surface area (TPSA) is 89.9 Å². The molecule has 6 nitrogen and oxygen atoms in total. The van der Waals surface area contributed by atoms with Crippen LogP contribution in [-0.2, 0) is 23.9 Å². The number of fused-ring (bicyclic) bond motifs is 1. The van der Waals surface area contributed by atoms with Gasteiger partial charge in [0, 0.05) is 19.8 Å². The van der Waals surface area contributed by atoms with Crippen LogP contribution in [0.25, 0.3) is 0 Å². The Balaban J connectivity index is 2.39. The van der Waals surface area contributed by atoms with Crippen molar-refractivity contribution in [3.63, 3.8) is 0 Å². The SMILES string of the molecule is COC(=O)C[C@H](C)CC[C@@]1(C)[C@H](C)[C@@H](OC(C)=O)C[C@]2(C)C(C)=C(O)C(=O)C[C@H]12. The zero-order valence-electron chi connectivity index (χ0n) is 18.8. The number of allylic oxidation sites excluding steroid dienone is 2. The third kappa shape index (κ3) is 4.36. The molecule has 1 N–H and O–H groups in total. The van der Waals surface area contributed by atoms with Crippen LogP contribution in [0.1, 0.15) is 73.6 Å². The summed E-state index contributed by atoms with van der Waals surface area (Å²) >= 11 is 0. The molecule has 0 aromatic carbocycles. The van der Waals surface area contributed by atoms with Gasteiger partial charge in [0.05, 0.1) is 7.11 Å². The lowest BCUT2D eigenvalue weighted by Gasteiger charge is -2.59. The first-order chi connectivity index (χ1) is 13.4. The second-order valence-corrected chi connectivity index (χ2v) is 9.64. The molecule has 6 atom stereocenters. The molecule has 0 heterocycles. The molecule has 2 rings (SSSR count). The minimum Gasteiger partial charge on any atom is -0.504 e.